The molecule has 3 rings (SSSR count). The van der Waals surface area contributed by atoms with Crippen molar-refractivity contribution in [3.8, 4) is 0 Å². The highest BCUT2D eigenvalue weighted by Gasteiger charge is 2.20. The van der Waals surface area contributed by atoms with Gasteiger partial charge >= 0.3 is 0 Å². The Morgan fingerprint density at radius 2 is 2.28 bits per heavy atom. The van der Waals surface area contributed by atoms with Crippen LogP contribution < -0.4 is 10.2 Å². The summed E-state index contributed by atoms with van der Waals surface area (Å²) in [4.78, 5) is 11.1. The molecule has 0 aliphatic heterocycles. The second-order valence-electron chi connectivity index (χ2n) is 4.61. The van der Waals surface area contributed by atoms with Crippen LogP contribution in [0, 0.1) is 0 Å². The summed E-state index contributed by atoms with van der Waals surface area (Å²) >= 11 is 3.34. The van der Waals surface area contributed by atoms with E-state index >= 15 is 0 Å². The molecule has 2 aromatic heterocycles. The first-order valence-electron chi connectivity index (χ1n) is 6.07. The Labute approximate surface area is 115 Å². The van der Waals surface area contributed by atoms with Gasteiger partial charge in [0.15, 0.2) is 5.13 Å². The van der Waals surface area contributed by atoms with Gasteiger partial charge in [-0.05, 0) is 12.8 Å². The lowest BCUT2D eigenvalue weighted by molar-refractivity contribution is 0.676. The average molecular weight is 280 g/mol. The van der Waals surface area contributed by atoms with Crippen molar-refractivity contribution in [2.75, 3.05) is 11.9 Å². The predicted octanol–water partition coefficient (Wildman–Crippen LogP) is 2.49. The molecule has 0 amide bonds. The lowest BCUT2D eigenvalue weighted by Crippen LogP contribution is -2.18. The number of rotatable bonds is 6. The molecule has 96 valence electrons. The maximum absolute atomic E-state index is 4.65. The first kappa shape index (κ1) is 12.1. The van der Waals surface area contributed by atoms with Crippen LogP contribution >= 0.6 is 22.7 Å². The highest BCUT2D eigenvalue weighted by Crippen LogP contribution is 2.23. The molecular formula is C12H16N4S2. The Hall–Kier alpha value is -0.980. The maximum Gasteiger partial charge on any atom is 0.185 e. The molecule has 0 spiro atoms. The molecule has 1 saturated carbocycles. The average Bonchev–Trinajstić information content (AvgIpc) is 2.88. The van der Waals surface area contributed by atoms with Crippen LogP contribution in [0.25, 0.3) is 0 Å². The molecule has 0 saturated heterocycles. The first-order chi connectivity index (χ1) is 8.81. The number of aromatic nitrogens is 2. The summed E-state index contributed by atoms with van der Waals surface area (Å²) < 4.78 is 0. The fourth-order valence-corrected chi connectivity index (χ4v) is 3.06. The minimum Gasteiger partial charge on any atom is -0.345 e. The summed E-state index contributed by atoms with van der Waals surface area (Å²) in [6.45, 7) is 1.72. The van der Waals surface area contributed by atoms with Crippen LogP contribution in [0.5, 0.6) is 0 Å². The standard InChI is InChI=1S/C12H16N4S2/c1-16(5-11-6-17-8-14-11)12-15-10(7-18-12)4-13-9-2-3-9/h6-9,13H,2-5H2,1H3. The Bertz CT molecular complexity index is 490. The van der Waals surface area contributed by atoms with Crippen molar-refractivity contribution in [1.82, 2.24) is 15.3 Å². The van der Waals surface area contributed by atoms with Crippen molar-refractivity contribution in [2.45, 2.75) is 32.0 Å². The molecule has 2 aromatic rings. The second kappa shape index (κ2) is 5.34. The van der Waals surface area contributed by atoms with Gasteiger partial charge in [-0.15, -0.1) is 22.7 Å². The third kappa shape index (κ3) is 3.07. The zero-order valence-corrected chi connectivity index (χ0v) is 11.9. The zero-order chi connectivity index (χ0) is 12.4. The number of anilines is 1. The van der Waals surface area contributed by atoms with E-state index in [1.807, 2.05) is 5.51 Å². The van der Waals surface area contributed by atoms with Crippen LogP contribution in [0.15, 0.2) is 16.3 Å². The van der Waals surface area contributed by atoms with Gasteiger partial charge in [0, 0.05) is 30.4 Å². The molecule has 1 aliphatic carbocycles. The molecular weight excluding hydrogens is 264 g/mol. The van der Waals surface area contributed by atoms with E-state index in [1.54, 1.807) is 22.7 Å². The SMILES string of the molecule is CN(Cc1cscn1)c1nc(CNC2CC2)cs1. The summed E-state index contributed by atoms with van der Waals surface area (Å²) in [6.07, 6.45) is 2.64. The van der Waals surface area contributed by atoms with E-state index in [-0.39, 0.29) is 0 Å². The molecule has 18 heavy (non-hydrogen) atoms. The van der Waals surface area contributed by atoms with Gasteiger partial charge in [0.05, 0.1) is 23.4 Å². The van der Waals surface area contributed by atoms with E-state index in [9.17, 15) is 0 Å². The van der Waals surface area contributed by atoms with E-state index in [0.717, 1.165) is 35.7 Å². The normalized spacial score (nSPS) is 14.9. The Morgan fingerprint density at radius 1 is 1.39 bits per heavy atom. The van der Waals surface area contributed by atoms with Gasteiger partial charge < -0.3 is 10.2 Å². The minimum absolute atomic E-state index is 0.739. The van der Waals surface area contributed by atoms with Gasteiger partial charge in [-0.25, -0.2) is 9.97 Å². The van der Waals surface area contributed by atoms with Crippen LogP contribution in [0.3, 0.4) is 0 Å². The van der Waals surface area contributed by atoms with Crippen LogP contribution in [0.1, 0.15) is 24.2 Å². The maximum atomic E-state index is 4.65. The lowest BCUT2D eigenvalue weighted by Gasteiger charge is -2.13. The predicted molar refractivity (Wildman–Crippen MR) is 76.2 cm³/mol. The summed E-state index contributed by atoms with van der Waals surface area (Å²) in [6, 6.07) is 0.739. The van der Waals surface area contributed by atoms with Crippen molar-refractivity contribution >= 4 is 27.8 Å². The topological polar surface area (TPSA) is 41.1 Å². The Morgan fingerprint density at radius 3 is 3.00 bits per heavy atom. The van der Waals surface area contributed by atoms with Crippen molar-refractivity contribution in [2.24, 2.45) is 0 Å². The smallest absolute Gasteiger partial charge is 0.185 e. The fraction of sp³-hybridized carbons (Fsp3) is 0.500. The molecule has 6 heteroatoms. The second-order valence-corrected chi connectivity index (χ2v) is 6.17. The summed E-state index contributed by atoms with van der Waals surface area (Å²) in [5.41, 5.74) is 4.12. The van der Waals surface area contributed by atoms with E-state index < -0.39 is 0 Å². The van der Waals surface area contributed by atoms with Crippen LogP contribution in [0.4, 0.5) is 5.13 Å². The van der Waals surface area contributed by atoms with Gasteiger partial charge in [0.1, 0.15) is 0 Å². The van der Waals surface area contributed by atoms with Gasteiger partial charge in [0.2, 0.25) is 0 Å². The molecule has 1 N–H and O–H groups in total. The number of nitrogens with zero attached hydrogens (tertiary/aromatic N) is 3. The van der Waals surface area contributed by atoms with Crippen LogP contribution in [0.2, 0.25) is 0 Å². The van der Waals surface area contributed by atoms with Crippen LogP contribution in [-0.2, 0) is 13.1 Å². The van der Waals surface area contributed by atoms with E-state index in [1.165, 1.54) is 12.8 Å². The van der Waals surface area contributed by atoms with Crippen LogP contribution in [-0.4, -0.2) is 23.1 Å². The van der Waals surface area contributed by atoms with Gasteiger partial charge in [-0.1, -0.05) is 0 Å². The molecule has 2 heterocycles. The third-order valence-electron chi connectivity index (χ3n) is 2.90. The Kier molecular flexibility index (Phi) is 3.58. The van der Waals surface area contributed by atoms with Gasteiger partial charge in [0.25, 0.3) is 0 Å². The zero-order valence-electron chi connectivity index (χ0n) is 10.3. The lowest BCUT2D eigenvalue weighted by atomic mass is 10.4. The van der Waals surface area contributed by atoms with E-state index in [0.29, 0.717) is 0 Å². The molecule has 0 atom stereocenters. The number of hydrogen-bond acceptors (Lipinski definition) is 6. The summed E-state index contributed by atoms with van der Waals surface area (Å²) in [5, 5.41) is 8.78. The molecule has 0 aromatic carbocycles. The number of nitrogens with one attached hydrogen (secondary N) is 1. The van der Waals surface area contributed by atoms with Crippen molar-refractivity contribution in [3.05, 3.63) is 27.7 Å². The monoisotopic (exact) mass is 280 g/mol. The van der Waals surface area contributed by atoms with Gasteiger partial charge in [-0.2, -0.15) is 0 Å². The minimum atomic E-state index is 0.739. The van der Waals surface area contributed by atoms with E-state index in [4.69, 9.17) is 0 Å². The molecule has 1 fully saturated rings. The first-order valence-corrected chi connectivity index (χ1v) is 7.89. The van der Waals surface area contributed by atoms with E-state index in [2.05, 4.69) is 38.0 Å². The number of thiazole rings is 2. The molecule has 1 aliphatic rings. The quantitative estimate of drug-likeness (QED) is 0.882. The molecule has 0 unspecified atom stereocenters. The van der Waals surface area contributed by atoms with Crippen molar-refractivity contribution in [1.29, 1.82) is 0 Å². The highest BCUT2D eigenvalue weighted by molar-refractivity contribution is 7.13. The Balaban J connectivity index is 1.57. The summed E-state index contributed by atoms with van der Waals surface area (Å²) in [7, 11) is 2.07. The third-order valence-corrected chi connectivity index (χ3v) is 4.54. The molecule has 4 nitrogen and oxygen atoms in total. The molecule has 0 bridgehead atoms. The molecule has 0 radical (unpaired) electrons. The highest BCUT2D eigenvalue weighted by atomic mass is 32.1. The van der Waals surface area contributed by atoms with Crippen molar-refractivity contribution < 1.29 is 0 Å². The fourth-order valence-electron chi connectivity index (χ4n) is 1.72. The van der Waals surface area contributed by atoms with Crippen molar-refractivity contribution in [3.63, 3.8) is 0 Å². The summed E-state index contributed by atoms with van der Waals surface area (Å²) in [5.74, 6) is 0. The van der Waals surface area contributed by atoms with Gasteiger partial charge in [-0.3, -0.25) is 0 Å². The largest absolute Gasteiger partial charge is 0.345 e. The number of hydrogen-bond donors (Lipinski definition) is 1.